The molecule has 6 aromatic rings. The Morgan fingerprint density at radius 1 is 0.640 bits per heavy atom. The SMILES string of the molecule is O=CCCCCOc1ccc2ncc(-n3ccc(=O)[nH]c3=O)cc2c1.O=c1ccn(-c2cnc3ccc(OCCCCCO)cc3c2)c(=O)[nH]1. The summed E-state index contributed by atoms with van der Waals surface area (Å²) in [6.45, 7) is 1.32. The van der Waals surface area contributed by atoms with Crippen LogP contribution in [0, 0.1) is 0 Å². The summed E-state index contributed by atoms with van der Waals surface area (Å²) >= 11 is 0. The number of unbranched alkanes of at least 4 members (excludes halogenated alkanes) is 4. The molecule has 0 atom stereocenters. The molecule has 0 fully saturated rings. The summed E-state index contributed by atoms with van der Waals surface area (Å²) in [5.74, 6) is 1.43. The third-order valence-corrected chi connectivity index (χ3v) is 7.54. The summed E-state index contributed by atoms with van der Waals surface area (Å²) in [6, 6.07) is 17.3. The molecule has 0 unspecified atom stereocenters. The second-order valence-electron chi connectivity index (χ2n) is 11.2. The second kappa shape index (κ2) is 17.3. The highest BCUT2D eigenvalue weighted by Gasteiger charge is 2.06. The number of hydrogen-bond acceptors (Lipinski definition) is 10. The van der Waals surface area contributed by atoms with Crippen molar-refractivity contribution >= 4 is 28.1 Å². The number of nitrogens with one attached hydrogen (secondary N) is 2. The van der Waals surface area contributed by atoms with Crippen LogP contribution in [0.4, 0.5) is 0 Å². The molecule has 0 amide bonds. The highest BCUT2D eigenvalue weighted by atomic mass is 16.5. The molecule has 2 aromatic carbocycles. The van der Waals surface area contributed by atoms with Crippen LogP contribution in [0.2, 0.25) is 0 Å². The van der Waals surface area contributed by atoms with E-state index in [9.17, 15) is 24.0 Å². The van der Waals surface area contributed by atoms with Crippen LogP contribution in [0.15, 0.2) is 105 Å². The van der Waals surface area contributed by atoms with E-state index in [1.165, 1.54) is 33.7 Å². The molecular formula is C36H36N6O8. The van der Waals surface area contributed by atoms with Crippen LogP contribution in [0.1, 0.15) is 38.5 Å². The van der Waals surface area contributed by atoms with E-state index < -0.39 is 22.5 Å². The number of H-pyrrole nitrogens is 2. The summed E-state index contributed by atoms with van der Waals surface area (Å²) in [6.07, 6.45) is 11.6. The van der Waals surface area contributed by atoms with Gasteiger partial charge in [-0.05, 0) is 80.6 Å². The Bertz CT molecular complexity index is 2310. The summed E-state index contributed by atoms with van der Waals surface area (Å²) in [4.78, 5) is 69.6. The lowest BCUT2D eigenvalue weighted by molar-refractivity contribution is -0.107. The van der Waals surface area contributed by atoms with Gasteiger partial charge in [0.1, 0.15) is 17.8 Å². The van der Waals surface area contributed by atoms with Crippen molar-refractivity contribution in [2.75, 3.05) is 19.8 Å². The van der Waals surface area contributed by atoms with E-state index in [0.717, 1.165) is 65.9 Å². The molecule has 14 nitrogen and oxygen atoms in total. The molecular weight excluding hydrogens is 644 g/mol. The minimum absolute atomic E-state index is 0.203. The number of aldehydes is 1. The number of carbonyl (C=O) groups is 1. The van der Waals surface area contributed by atoms with Crippen LogP contribution in [0.25, 0.3) is 33.2 Å². The molecule has 0 aliphatic carbocycles. The highest BCUT2D eigenvalue weighted by Crippen LogP contribution is 2.23. The van der Waals surface area contributed by atoms with Gasteiger partial charge in [-0.25, -0.2) is 9.59 Å². The van der Waals surface area contributed by atoms with Gasteiger partial charge in [0, 0.05) is 48.3 Å². The van der Waals surface area contributed by atoms with Gasteiger partial charge >= 0.3 is 11.4 Å². The number of benzene rings is 2. The van der Waals surface area contributed by atoms with Crippen LogP contribution < -0.4 is 32.0 Å². The number of aliphatic hydroxyl groups is 1. The zero-order chi connectivity index (χ0) is 35.3. The molecule has 6 rings (SSSR count). The lowest BCUT2D eigenvalue weighted by Gasteiger charge is -2.09. The zero-order valence-electron chi connectivity index (χ0n) is 27.1. The van der Waals surface area contributed by atoms with E-state index in [4.69, 9.17) is 14.6 Å². The number of hydrogen-bond donors (Lipinski definition) is 3. The Hall–Kier alpha value is -6.15. The van der Waals surface area contributed by atoms with Gasteiger partial charge in [-0.3, -0.25) is 38.7 Å². The fourth-order valence-corrected chi connectivity index (χ4v) is 4.98. The van der Waals surface area contributed by atoms with Gasteiger partial charge in [0.2, 0.25) is 0 Å². The van der Waals surface area contributed by atoms with Crippen molar-refractivity contribution in [3.63, 3.8) is 0 Å². The molecule has 0 aliphatic rings. The van der Waals surface area contributed by atoms with E-state index in [-0.39, 0.29) is 6.61 Å². The van der Waals surface area contributed by atoms with E-state index in [1.807, 2.05) is 42.5 Å². The van der Waals surface area contributed by atoms with Crippen LogP contribution >= 0.6 is 0 Å². The van der Waals surface area contributed by atoms with Gasteiger partial charge in [-0.1, -0.05) is 0 Å². The number of rotatable bonds is 14. The lowest BCUT2D eigenvalue weighted by atomic mass is 10.2. The lowest BCUT2D eigenvalue weighted by Crippen LogP contribution is -2.27. The fraction of sp³-hybridized carbons (Fsp3) is 0.250. The number of fused-ring (bicyclic) bond motifs is 2. The molecule has 14 heteroatoms. The average Bonchev–Trinajstić information content (AvgIpc) is 3.11. The van der Waals surface area contributed by atoms with Crippen molar-refractivity contribution in [1.29, 1.82) is 0 Å². The molecule has 50 heavy (non-hydrogen) atoms. The van der Waals surface area contributed by atoms with Crippen molar-refractivity contribution < 1.29 is 19.4 Å². The molecule has 258 valence electrons. The largest absolute Gasteiger partial charge is 0.494 e. The number of aliphatic hydroxyl groups excluding tert-OH is 1. The van der Waals surface area contributed by atoms with Crippen LogP contribution in [0.5, 0.6) is 11.5 Å². The van der Waals surface area contributed by atoms with Crippen LogP contribution in [-0.4, -0.2) is 60.3 Å². The molecule has 3 N–H and O–H groups in total. The Morgan fingerprint density at radius 3 is 1.60 bits per heavy atom. The van der Waals surface area contributed by atoms with Gasteiger partial charge in [-0.15, -0.1) is 0 Å². The minimum Gasteiger partial charge on any atom is -0.494 e. The van der Waals surface area contributed by atoms with E-state index >= 15 is 0 Å². The number of carbonyl (C=O) groups excluding carboxylic acids is 1. The number of aromatic amines is 2. The monoisotopic (exact) mass is 680 g/mol. The maximum Gasteiger partial charge on any atom is 0.332 e. The van der Waals surface area contributed by atoms with Crippen molar-refractivity contribution in [2.24, 2.45) is 0 Å². The summed E-state index contributed by atoms with van der Waals surface area (Å²) < 4.78 is 14.1. The molecule has 0 aliphatic heterocycles. The quantitative estimate of drug-likeness (QED) is 0.113. The predicted octanol–water partition coefficient (Wildman–Crippen LogP) is 3.44. The third kappa shape index (κ3) is 9.48. The third-order valence-electron chi connectivity index (χ3n) is 7.54. The van der Waals surface area contributed by atoms with Gasteiger partial charge in [-0.2, -0.15) is 0 Å². The number of aromatic nitrogens is 6. The summed E-state index contributed by atoms with van der Waals surface area (Å²) in [5.41, 5.74) is 0.766. The van der Waals surface area contributed by atoms with Crippen molar-refractivity contribution in [3.8, 4) is 22.9 Å². The summed E-state index contributed by atoms with van der Waals surface area (Å²) in [5, 5.41) is 10.4. The first-order valence-electron chi connectivity index (χ1n) is 16.1. The zero-order valence-corrected chi connectivity index (χ0v) is 27.1. The summed E-state index contributed by atoms with van der Waals surface area (Å²) in [7, 11) is 0. The molecule has 4 aromatic heterocycles. The smallest absolute Gasteiger partial charge is 0.332 e. The van der Waals surface area contributed by atoms with Crippen molar-refractivity contribution in [3.05, 3.63) is 127 Å². The maximum absolute atomic E-state index is 11.9. The number of pyridine rings is 2. The van der Waals surface area contributed by atoms with E-state index in [1.54, 1.807) is 18.5 Å². The average molecular weight is 681 g/mol. The molecule has 0 radical (unpaired) electrons. The van der Waals surface area contributed by atoms with Crippen LogP contribution in [-0.2, 0) is 4.79 Å². The second-order valence-corrected chi connectivity index (χ2v) is 11.2. The van der Waals surface area contributed by atoms with Crippen LogP contribution in [0.3, 0.4) is 0 Å². The Labute approximate surface area is 284 Å². The van der Waals surface area contributed by atoms with Gasteiger partial charge in [0.15, 0.2) is 0 Å². The maximum atomic E-state index is 11.9. The normalized spacial score (nSPS) is 10.8. The first-order valence-corrected chi connectivity index (χ1v) is 16.1. The van der Waals surface area contributed by atoms with Gasteiger partial charge in [0.25, 0.3) is 11.1 Å². The minimum atomic E-state index is -0.517. The number of nitrogens with zero attached hydrogens (tertiary/aromatic N) is 4. The van der Waals surface area contributed by atoms with Crippen molar-refractivity contribution in [1.82, 2.24) is 29.1 Å². The molecule has 4 heterocycles. The fourth-order valence-electron chi connectivity index (χ4n) is 4.98. The molecule has 0 saturated heterocycles. The highest BCUT2D eigenvalue weighted by molar-refractivity contribution is 5.82. The van der Waals surface area contributed by atoms with Crippen molar-refractivity contribution in [2.45, 2.75) is 38.5 Å². The predicted molar refractivity (Wildman–Crippen MR) is 188 cm³/mol. The van der Waals surface area contributed by atoms with Gasteiger partial charge < -0.3 is 19.4 Å². The van der Waals surface area contributed by atoms with E-state index in [2.05, 4.69) is 19.9 Å². The first kappa shape index (κ1) is 35.2. The molecule has 0 bridgehead atoms. The topological polar surface area (TPSA) is 191 Å². The van der Waals surface area contributed by atoms with Gasteiger partial charge in [0.05, 0.1) is 48.0 Å². The first-order chi connectivity index (χ1) is 24.3. The standard InChI is InChI=1S/C18H19N3O4.C18H17N3O4/c2*22-8-2-1-3-9-25-15-4-5-16-13(11-15)10-14(12-19-16)21-7-6-17(23)20-18(21)24/h4-7,10-12,22H,1-3,8-9H2,(H,20,23,24);4-8,10-12H,1-3,9H2,(H,20,23,24). The van der Waals surface area contributed by atoms with E-state index in [0.29, 0.717) is 36.8 Å². The number of ether oxygens (including phenoxy) is 2. The Morgan fingerprint density at radius 2 is 1.14 bits per heavy atom. The Balaban J connectivity index is 0.000000194. The Kier molecular flexibility index (Phi) is 12.2. The molecule has 0 saturated carbocycles. The molecule has 0 spiro atoms.